The molecule has 4 aliphatic carbocycles. The van der Waals surface area contributed by atoms with Crippen molar-refractivity contribution in [1.82, 2.24) is 0 Å². The lowest BCUT2D eigenvalue weighted by Crippen LogP contribution is -2.65. The maximum Gasteiger partial charge on any atom is 0.344 e. The van der Waals surface area contributed by atoms with E-state index in [1.807, 2.05) is 0 Å². The first kappa shape index (κ1) is 16.5. The molecule has 0 saturated heterocycles. The Labute approximate surface area is 138 Å². The summed E-state index contributed by atoms with van der Waals surface area (Å²) in [6.45, 7) is 11.7. The van der Waals surface area contributed by atoms with Crippen LogP contribution >= 0.6 is 0 Å². The van der Waals surface area contributed by atoms with E-state index in [2.05, 4.69) is 27.4 Å². The van der Waals surface area contributed by atoms with Crippen LogP contribution in [0.5, 0.6) is 0 Å². The molecule has 4 heteroatoms. The second-order valence-electron chi connectivity index (χ2n) is 8.91. The minimum atomic E-state index is -0.542. The maximum atomic E-state index is 12.3. The molecular formula is C19H28O4. The molecule has 4 nitrogen and oxygen atoms in total. The molecule has 4 saturated carbocycles. The molecule has 0 aliphatic heterocycles. The first-order valence-electron chi connectivity index (χ1n) is 8.62. The Hall–Kier alpha value is -1.32. The van der Waals surface area contributed by atoms with E-state index in [0.29, 0.717) is 17.4 Å². The third kappa shape index (κ3) is 2.70. The topological polar surface area (TPSA) is 52.6 Å². The second kappa shape index (κ2) is 5.09. The van der Waals surface area contributed by atoms with Crippen molar-refractivity contribution in [3.63, 3.8) is 0 Å². The van der Waals surface area contributed by atoms with Gasteiger partial charge in [0.25, 0.3) is 0 Å². The summed E-state index contributed by atoms with van der Waals surface area (Å²) in [7, 11) is 0. The van der Waals surface area contributed by atoms with E-state index in [1.165, 1.54) is 19.3 Å². The molecule has 4 rings (SSSR count). The van der Waals surface area contributed by atoms with Gasteiger partial charge in [0, 0.05) is 11.5 Å². The summed E-state index contributed by atoms with van der Waals surface area (Å²) >= 11 is 0. The monoisotopic (exact) mass is 320 g/mol. The van der Waals surface area contributed by atoms with Crippen molar-refractivity contribution in [1.29, 1.82) is 0 Å². The van der Waals surface area contributed by atoms with E-state index >= 15 is 0 Å². The Morgan fingerprint density at radius 3 is 2.48 bits per heavy atom. The lowest BCUT2D eigenvalue weighted by Gasteiger charge is -2.67. The average molecular weight is 320 g/mol. The Bertz CT molecular complexity index is 568. The predicted octanol–water partition coefficient (Wildman–Crippen LogP) is 3.64. The van der Waals surface area contributed by atoms with Gasteiger partial charge in [0.15, 0.2) is 6.61 Å². The highest BCUT2D eigenvalue weighted by molar-refractivity contribution is 5.88. The zero-order valence-corrected chi connectivity index (χ0v) is 14.7. The highest BCUT2D eigenvalue weighted by Crippen LogP contribution is 2.69. The summed E-state index contributed by atoms with van der Waals surface area (Å²) in [5.74, 6) is 0.0231. The van der Waals surface area contributed by atoms with Crippen LogP contribution in [0.3, 0.4) is 0 Å². The predicted molar refractivity (Wildman–Crippen MR) is 86.5 cm³/mol. The van der Waals surface area contributed by atoms with Crippen LogP contribution in [0, 0.1) is 22.7 Å². The fourth-order valence-electron chi connectivity index (χ4n) is 6.07. The van der Waals surface area contributed by atoms with Crippen molar-refractivity contribution in [3.8, 4) is 0 Å². The molecule has 4 bridgehead atoms. The van der Waals surface area contributed by atoms with Gasteiger partial charge in [-0.05, 0) is 55.8 Å². The van der Waals surface area contributed by atoms with Crippen LogP contribution < -0.4 is 0 Å². The number of rotatable bonds is 4. The molecule has 0 amide bonds. The number of hydrogen-bond acceptors (Lipinski definition) is 4. The minimum absolute atomic E-state index is 0.253. The normalized spacial score (nSPS) is 44.0. The van der Waals surface area contributed by atoms with E-state index in [-0.39, 0.29) is 23.0 Å². The summed E-state index contributed by atoms with van der Waals surface area (Å²) < 4.78 is 10.9. The summed E-state index contributed by atoms with van der Waals surface area (Å²) in [6, 6.07) is 0. The van der Waals surface area contributed by atoms with E-state index in [9.17, 15) is 9.59 Å². The molecule has 0 aromatic carbocycles. The molecule has 0 N–H and O–H groups in total. The highest BCUT2D eigenvalue weighted by atomic mass is 16.6. The fourth-order valence-corrected chi connectivity index (χ4v) is 6.07. The molecule has 0 spiro atoms. The van der Waals surface area contributed by atoms with Gasteiger partial charge in [-0.1, -0.05) is 27.4 Å². The molecule has 5 atom stereocenters. The molecule has 23 heavy (non-hydrogen) atoms. The zero-order valence-electron chi connectivity index (χ0n) is 14.7. The van der Waals surface area contributed by atoms with Crippen LogP contribution in [0.4, 0.5) is 0 Å². The molecule has 0 heterocycles. The lowest BCUT2D eigenvalue weighted by atomic mass is 9.40. The van der Waals surface area contributed by atoms with Crippen LogP contribution in [0.1, 0.15) is 59.8 Å². The number of ether oxygens (including phenoxy) is 2. The lowest BCUT2D eigenvalue weighted by molar-refractivity contribution is -0.246. The first-order valence-corrected chi connectivity index (χ1v) is 8.62. The van der Waals surface area contributed by atoms with Crippen molar-refractivity contribution in [2.24, 2.45) is 22.7 Å². The summed E-state index contributed by atoms with van der Waals surface area (Å²) in [6.07, 6.45) is 5.61. The molecule has 0 aromatic heterocycles. The van der Waals surface area contributed by atoms with Crippen molar-refractivity contribution in [2.75, 3.05) is 6.61 Å². The standard InChI is InChI=1S/C19H28O4/c1-12(2)16(21)22-9-15(20)23-19-8-14-6-17(4,11-19)10-18(5,7-14)13(19)3/h13-14H,1,6-11H2,2-5H3. The molecule has 4 aliphatic rings. The van der Waals surface area contributed by atoms with Crippen molar-refractivity contribution >= 4 is 11.9 Å². The van der Waals surface area contributed by atoms with Gasteiger partial charge in [-0.25, -0.2) is 9.59 Å². The first-order chi connectivity index (χ1) is 10.6. The van der Waals surface area contributed by atoms with Crippen LogP contribution in [0.15, 0.2) is 12.2 Å². The van der Waals surface area contributed by atoms with Gasteiger partial charge >= 0.3 is 11.9 Å². The van der Waals surface area contributed by atoms with Crippen LogP contribution in [0.2, 0.25) is 0 Å². The smallest absolute Gasteiger partial charge is 0.344 e. The van der Waals surface area contributed by atoms with Gasteiger partial charge < -0.3 is 9.47 Å². The van der Waals surface area contributed by atoms with Gasteiger partial charge in [0.2, 0.25) is 0 Å². The highest BCUT2D eigenvalue weighted by Gasteiger charge is 2.65. The van der Waals surface area contributed by atoms with Gasteiger partial charge in [0.05, 0.1) is 0 Å². The summed E-state index contributed by atoms with van der Waals surface area (Å²) in [5, 5.41) is 0. The third-order valence-corrected chi connectivity index (χ3v) is 6.55. The Kier molecular flexibility index (Phi) is 3.66. The molecule has 5 unspecified atom stereocenters. The average Bonchev–Trinajstić information content (AvgIpc) is 2.39. The van der Waals surface area contributed by atoms with Crippen LogP contribution in [-0.4, -0.2) is 24.1 Å². The van der Waals surface area contributed by atoms with Crippen LogP contribution in [0.25, 0.3) is 0 Å². The largest absolute Gasteiger partial charge is 0.456 e. The quantitative estimate of drug-likeness (QED) is 0.586. The van der Waals surface area contributed by atoms with Gasteiger partial charge in [-0.15, -0.1) is 0 Å². The molecule has 0 radical (unpaired) electrons. The SMILES string of the molecule is C=C(C)C(=O)OCC(=O)OC12CC3CC(C)(CC(C)(C3)C1C)C2. The minimum Gasteiger partial charge on any atom is -0.456 e. The van der Waals surface area contributed by atoms with Crippen molar-refractivity contribution in [3.05, 3.63) is 12.2 Å². The molecule has 128 valence electrons. The number of carbonyl (C=O) groups excluding carboxylic acids is 2. The molecule has 4 fully saturated rings. The third-order valence-electron chi connectivity index (χ3n) is 6.55. The van der Waals surface area contributed by atoms with E-state index in [0.717, 1.165) is 12.8 Å². The Balaban J connectivity index is 1.72. The van der Waals surface area contributed by atoms with E-state index in [1.54, 1.807) is 6.92 Å². The van der Waals surface area contributed by atoms with Gasteiger partial charge in [0.1, 0.15) is 5.60 Å². The fraction of sp³-hybridized carbons (Fsp3) is 0.789. The molecule has 0 aromatic rings. The van der Waals surface area contributed by atoms with E-state index < -0.39 is 11.9 Å². The maximum absolute atomic E-state index is 12.3. The Morgan fingerprint density at radius 2 is 1.87 bits per heavy atom. The van der Waals surface area contributed by atoms with Crippen molar-refractivity contribution in [2.45, 2.75) is 65.4 Å². The number of hydrogen-bond donors (Lipinski definition) is 0. The Morgan fingerprint density at radius 1 is 1.17 bits per heavy atom. The van der Waals surface area contributed by atoms with Gasteiger partial charge in [-0.3, -0.25) is 0 Å². The molecular weight excluding hydrogens is 292 g/mol. The summed E-state index contributed by atoms with van der Waals surface area (Å²) in [4.78, 5) is 23.7. The number of carbonyl (C=O) groups is 2. The summed E-state index contributed by atoms with van der Waals surface area (Å²) in [5.41, 5.74) is 0.441. The zero-order chi connectivity index (χ0) is 17.0. The van der Waals surface area contributed by atoms with Crippen molar-refractivity contribution < 1.29 is 19.1 Å². The van der Waals surface area contributed by atoms with Crippen LogP contribution in [-0.2, 0) is 19.1 Å². The van der Waals surface area contributed by atoms with Gasteiger partial charge in [-0.2, -0.15) is 0 Å². The second-order valence-corrected chi connectivity index (χ2v) is 8.91. The number of esters is 2. The van der Waals surface area contributed by atoms with E-state index in [4.69, 9.17) is 9.47 Å².